The van der Waals surface area contributed by atoms with Gasteiger partial charge in [-0.3, -0.25) is 14.5 Å². The molecule has 0 spiro atoms. The summed E-state index contributed by atoms with van der Waals surface area (Å²) in [6.07, 6.45) is 2.24. The van der Waals surface area contributed by atoms with E-state index in [0.717, 1.165) is 45.8 Å². The quantitative estimate of drug-likeness (QED) is 0.737. The van der Waals surface area contributed by atoms with Crippen molar-refractivity contribution in [1.82, 2.24) is 15.1 Å². The summed E-state index contributed by atoms with van der Waals surface area (Å²) in [5, 5.41) is 2.80. The average molecular weight is 281 g/mol. The van der Waals surface area contributed by atoms with Gasteiger partial charge in [-0.2, -0.15) is 0 Å². The molecule has 3 fully saturated rings. The maximum atomic E-state index is 12.5. The maximum Gasteiger partial charge on any atom is 0.227 e. The number of ether oxygens (including phenoxy) is 1. The van der Waals surface area contributed by atoms with Crippen LogP contribution < -0.4 is 5.32 Å². The second-order valence-electron chi connectivity index (χ2n) is 5.91. The number of nitrogens with zero attached hydrogens (tertiary/aromatic N) is 2. The summed E-state index contributed by atoms with van der Waals surface area (Å²) in [7, 11) is 0. The summed E-state index contributed by atoms with van der Waals surface area (Å²) >= 11 is 0. The summed E-state index contributed by atoms with van der Waals surface area (Å²) < 4.78 is 5.38. The minimum atomic E-state index is -0.0175. The van der Waals surface area contributed by atoms with Crippen LogP contribution in [0.3, 0.4) is 0 Å². The van der Waals surface area contributed by atoms with Gasteiger partial charge in [-0.25, -0.2) is 0 Å². The molecule has 3 heterocycles. The van der Waals surface area contributed by atoms with Gasteiger partial charge in [0, 0.05) is 45.2 Å². The lowest BCUT2D eigenvalue weighted by Crippen LogP contribution is -2.47. The minimum absolute atomic E-state index is 0.0175. The molecular weight excluding hydrogens is 258 g/mol. The zero-order valence-electron chi connectivity index (χ0n) is 11.8. The van der Waals surface area contributed by atoms with Crippen LogP contribution in [0.15, 0.2) is 0 Å². The Kier molecular flexibility index (Phi) is 4.21. The molecule has 0 saturated carbocycles. The third kappa shape index (κ3) is 2.96. The number of amides is 2. The average Bonchev–Trinajstić information content (AvgIpc) is 2.98. The molecule has 0 aromatic heterocycles. The molecule has 0 aromatic carbocycles. The van der Waals surface area contributed by atoms with Crippen molar-refractivity contribution in [2.45, 2.75) is 25.3 Å². The number of carbonyl (C=O) groups is 2. The highest BCUT2D eigenvalue weighted by Gasteiger charge is 2.35. The maximum absolute atomic E-state index is 12.5. The molecule has 0 radical (unpaired) electrons. The van der Waals surface area contributed by atoms with Gasteiger partial charge in [0.25, 0.3) is 0 Å². The van der Waals surface area contributed by atoms with Crippen LogP contribution in [0, 0.1) is 5.92 Å². The Labute approximate surface area is 119 Å². The summed E-state index contributed by atoms with van der Waals surface area (Å²) in [4.78, 5) is 28.1. The lowest BCUT2D eigenvalue weighted by atomic mass is 9.98. The highest BCUT2D eigenvalue weighted by atomic mass is 16.5. The van der Waals surface area contributed by atoms with Crippen LogP contribution in [-0.2, 0) is 14.3 Å². The molecule has 3 rings (SSSR count). The molecule has 0 bridgehead atoms. The molecule has 1 N–H and O–H groups in total. The monoisotopic (exact) mass is 281 g/mol. The lowest BCUT2D eigenvalue weighted by molar-refractivity contribution is -0.136. The number of hydrogen-bond acceptors (Lipinski definition) is 4. The van der Waals surface area contributed by atoms with Crippen LogP contribution >= 0.6 is 0 Å². The van der Waals surface area contributed by atoms with E-state index < -0.39 is 0 Å². The first-order valence-corrected chi connectivity index (χ1v) is 7.61. The van der Waals surface area contributed by atoms with E-state index in [0.29, 0.717) is 25.4 Å². The Bertz CT molecular complexity index is 372. The summed E-state index contributed by atoms with van der Waals surface area (Å²) in [6.45, 7) is 5.77. The number of morpholine rings is 1. The molecule has 0 aromatic rings. The van der Waals surface area contributed by atoms with Gasteiger partial charge >= 0.3 is 0 Å². The van der Waals surface area contributed by atoms with E-state index in [2.05, 4.69) is 10.2 Å². The zero-order valence-corrected chi connectivity index (χ0v) is 11.8. The number of nitrogens with one attached hydrogen (secondary N) is 1. The Morgan fingerprint density at radius 3 is 2.70 bits per heavy atom. The van der Waals surface area contributed by atoms with Gasteiger partial charge in [0.05, 0.1) is 19.1 Å². The minimum Gasteiger partial charge on any atom is -0.379 e. The first-order valence-electron chi connectivity index (χ1n) is 7.61. The molecule has 6 heteroatoms. The second-order valence-corrected chi connectivity index (χ2v) is 5.91. The lowest BCUT2D eigenvalue weighted by Gasteiger charge is -2.32. The molecule has 2 atom stereocenters. The number of likely N-dealkylation sites (tertiary alicyclic amines) is 1. The summed E-state index contributed by atoms with van der Waals surface area (Å²) in [5.74, 6) is 0.276. The molecule has 2 amide bonds. The number of hydrogen-bond donors (Lipinski definition) is 1. The van der Waals surface area contributed by atoms with Crippen molar-refractivity contribution in [2.24, 2.45) is 5.92 Å². The van der Waals surface area contributed by atoms with Gasteiger partial charge in [-0.1, -0.05) is 0 Å². The SMILES string of the molecule is O=C1CCC(C(=O)N2CCC(N3CCOCC3)C2)CN1. The normalized spacial score (nSPS) is 32.2. The van der Waals surface area contributed by atoms with Crippen molar-refractivity contribution in [3.05, 3.63) is 0 Å². The Hall–Kier alpha value is -1.14. The van der Waals surface area contributed by atoms with Crippen LogP contribution in [-0.4, -0.2) is 73.6 Å². The summed E-state index contributed by atoms with van der Waals surface area (Å²) in [5.41, 5.74) is 0. The third-order valence-corrected chi connectivity index (χ3v) is 4.65. The molecule has 3 saturated heterocycles. The predicted octanol–water partition coefficient (Wildman–Crippen LogP) is -0.554. The number of piperidine rings is 1. The molecule has 112 valence electrons. The second kappa shape index (κ2) is 6.10. The van der Waals surface area contributed by atoms with Crippen LogP contribution in [0.2, 0.25) is 0 Å². The Morgan fingerprint density at radius 1 is 1.20 bits per heavy atom. The van der Waals surface area contributed by atoms with Gasteiger partial charge in [-0.05, 0) is 12.8 Å². The van der Waals surface area contributed by atoms with E-state index in [1.807, 2.05) is 4.90 Å². The molecule has 3 aliphatic heterocycles. The first-order chi connectivity index (χ1) is 9.74. The van der Waals surface area contributed by atoms with Crippen molar-refractivity contribution in [1.29, 1.82) is 0 Å². The zero-order chi connectivity index (χ0) is 13.9. The van der Waals surface area contributed by atoms with Gasteiger partial charge in [0.15, 0.2) is 0 Å². The molecule has 20 heavy (non-hydrogen) atoms. The van der Waals surface area contributed by atoms with Crippen LogP contribution in [0.25, 0.3) is 0 Å². The molecule has 2 unspecified atom stereocenters. The Balaban J connectivity index is 1.51. The van der Waals surface area contributed by atoms with Crippen molar-refractivity contribution < 1.29 is 14.3 Å². The van der Waals surface area contributed by atoms with Crippen LogP contribution in [0.4, 0.5) is 0 Å². The highest BCUT2D eigenvalue weighted by Crippen LogP contribution is 2.21. The van der Waals surface area contributed by atoms with E-state index in [-0.39, 0.29) is 17.7 Å². The number of rotatable bonds is 2. The van der Waals surface area contributed by atoms with Gasteiger partial charge < -0.3 is 15.0 Å². The standard InChI is InChI=1S/C14H23N3O3/c18-13-2-1-11(9-15-13)14(19)17-4-3-12(10-17)16-5-7-20-8-6-16/h11-12H,1-10H2,(H,15,18). The van der Waals surface area contributed by atoms with Gasteiger partial charge in [-0.15, -0.1) is 0 Å². The third-order valence-electron chi connectivity index (χ3n) is 4.65. The molecule has 0 aliphatic carbocycles. The fourth-order valence-corrected chi connectivity index (χ4v) is 3.38. The van der Waals surface area contributed by atoms with Crippen LogP contribution in [0.1, 0.15) is 19.3 Å². The van der Waals surface area contributed by atoms with Crippen molar-refractivity contribution >= 4 is 11.8 Å². The van der Waals surface area contributed by atoms with E-state index >= 15 is 0 Å². The summed E-state index contributed by atoms with van der Waals surface area (Å²) in [6, 6.07) is 0.487. The molecular formula is C14H23N3O3. The molecule has 3 aliphatic rings. The predicted molar refractivity (Wildman–Crippen MR) is 73.1 cm³/mol. The Morgan fingerprint density at radius 2 is 2.00 bits per heavy atom. The first kappa shape index (κ1) is 13.8. The topological polar surface area (TPSA) is 61.9 Å². The largest absolute Gasteiger partial charge is 0.379 e. The smallest absolute Gasteiger partial charge is 0.227 e. The van der Waals surface area contributed by atoms with Gasteiger partial charge in [0.2, 0.25) is 11.8 Å². The van der Waals surface area contributed by atoms with Gasteiger partial charge in [0.1, 0.15) is 0 Å². The van der Waals surface area contributed by atoms with E-state index in [9.17, 15) is 9.59 Å². The van der Waals surface area contributed by atoms with E-state index in [4.69, 9.17) is 4.74 Å². The fraction of sp³-hybridized carbons (Fsp3) is 0.857. The van der Waals surface area contributed by atoms with Crippen molar-refractivity contribution in [2.75, 3.05) is 45.9 Å². The van der Waals surface area contributed by atoms with Crippen LogP contribution in [0.5, 0.6) is 0 Å². The fourth-order valence-electron chi connectivity index (χ4n) is 3.38. The van der Waals surface area contributed by atoms with Crippen molar-refractivity contribution in [3.63, 3.8) is 0 Å². The molecule has 6 nitrogen and oxygen atoms in total. The number of carbonyl (C=O) groups excluding carboxylic acids is 2. The van der Waals surface area contributed by atoms with E-state index in [1.165, 1.54) is 0 Å². The van der Waals surface area contributed by atoms with E-state index in [1.54, 1.807) is 0 Å². The highest BCUT2D eigenvalue weighted by molar-refractivity contribution is 5.84. The van der Waals surface area contributed by atoms with Crippen molar-refractivity contribution in [3.8, 4) is 0 Å².